The van der Waals surface area contributed by atoms with Crippen molar-refractivity contribution in [2.24, 2.45) is 5.14 Å². The zero-order valence-corrected chi connectivity index (χ0v) is 23.1. The molecule has 5 N–H and O–H groups in total. The zero-order chi connectivity index (χ0) is 28.7. The number of sulfonamides is 1. The lowest BCUT2D eigenvalue weighted by molar-refractivity contribution is 0.596. The molecule has 0 atom stereocenters. The van der Waals surface area contributed by atoms with Gasteiger partial charge < -0.3 is 10.3 Å². The Morgan fingerprint density at radius 1 is 1.00 bits per heavy atom. The highest BCUT2D eigenvalue weighted by atomic mass is 32.2. The monoisotopic (exact) mass is 570 g/mol. The third-order valence-corrected chi connectivity index (χ3v) is 7.38. The Kier molecular flexibility index (Phi) is 6.72. The zero-order valence-electron chi connectivity index (χ0n) is 22.3. The van der Waals surface area contributed by atoms with Gasteiger partial charge in [0.1, 0.15) is 17.0 Å². The van der Waals surface area contributed by atoms with E-state index in [0.29, 0.717) is 33.7 Å². The highest BCUT2D eigenvalue weighted by Crippen LogP contribution is 2.34. The van der Waals surface area contributed by atoms with Gasteiger partial charge in [-0.25, -0.2) is 22.9 Å². The lowest BCUT2D eigenvalue weighted by Crippen LogP contribution is -2.18. The first-order valence-corrected chi connectivity index (χ1v) is 14.7. The summed E-state index contributed by atoms with van der Waals surface area (Å²) in [5.74, 6) is -0.767. The molecule has 5 aromatic heterocycles. The van der Waals surface area contributed by atoms with Crippen LogP contribution in [0.25, 0.3) is 55.8 Å². The third-order valence-electron chi connectivity index (χ3n) is 6.61. The van der Waals surface area contributed by atoms with Crippen LogP contribution in [0.15, 0.2) is 67.1 Å². The van der Waals surface area contributed by atoms with Crippen LogP contribution in [0, 0.1) is 5.82 Å². The number of nitrogens with two attached hydrogens (primary N) is 1. The van der Waals surface area contributed by atoms with Gasteiger partial charge in [-0.05, 0) is 74.4 Å². The third kappa shape index (κ3) is 5.65. The van der Waals surface area contributed by atoms with E-state index in [2.05, 4.69) is 44.3 Å². The molecule has 5 heterocycles. The molecule has 0 spiro atoms. The number of benzene rings is 1. The molecule has 0 saturated heterocycles. The minimum atomic E-state index is -3.68. The number of aromatic nitrogens is 6. The van der Waals surface area contributed by atoms with E-state index < -0.39 is 15.8 Å². The van der Waals surface area contributed by atoms with Crippen LogP contribution in [0.1, 0.15) is 19.4 Å². The van der Waals surface area contributed by atoms with Gasteiger partial charge in [-0.1, -0.05) is 0 Å². The normalized spacial score (nSPS) is 12.0. The Hall–Kier alpha value is -4.68. The van der Waals surface area contributed by atoms with Gasteiger partial charge >= 0.3 is 0 Å². The summed E-state index contributed by atoms with van der Waals surface area (Å²) in [5.41, 5.74) is 7.71. The predicted octanol–water partition coefficient (Wildman–Crippen LogP) is 5.02. The van der Waals surface area contributed by atoms with E-state index in [0.717, 1.165) is 33.4 Å². The van der Waals surface area contributed by atoms with E-state index >= 15 is 0 Å². The first-order valence-electron chi connectivity index (χ1n) is 13.0. The van der Waals surface area contributed by atoms with Crippen LogP contribution >= 0.6 is 0 Å². The molecule has 0 fully saturated rings. The maximum atomic E-state index is 14.6. The molecule has 0 radical (unpaired) electrons. The Morgan fingerprint density at radius 3 is 2.66 bits per heavy atom. The fourth-order valence-electron chi connectivity index (χ4n) is 4.84. The number of hydrogen-bond donors (Lipinski definition) is 4. The average molecular weight is 571 g/mol. The van der Waals surface area contributed by atoms with Crippen molar-refractivity contribution in [2.45, 2.75) is 26.3 Å². The molecule has 0 aliphatic heterocycles. The average Bonchev–Trinajstić information content (AvgIpc) is 3.54. The standard InChI is InChI=1S/C29H27FN8O2S/c1-16(2)34-21-12-19(14-32-15-21)23-3-4-25-28(36-23)29(38-37-25)26-13-22-24(35-26)5-7-33-27(22)18-9-17(10-20(30)11-18)6-8-41(31,39)40/h3-5,7,9-16,34-35H,6,8H2,1-2H3,(H,37,38)(H2,31,39,40). The van der Waals surface area contributed by atoms with Gasteiger partial charge in [-0.3, -0.25) is 15.1 Å². The van der Waals surface area contributed by atoms with Gasteiger partial charge in [-0.15, -0.1) is 0 Å². The van der Waals surface area contributed by atoms with Crippen molar-refractivity contribution in [1.82, 2.24) is 30.1 Å². The molecule has 6 rings (SSSR count). The van der Waals surface area contributed by atoms with E-state index in [-0.39, 0.29) is 18.2 Å². The molecule has 0 saturated carbocycles. The van der Waals surface area contributed by atoms with E-state index in [1.54, 1.807) is 24.7 Å². The summed E-state index contributed by atoms with van der Waals surface area (Å²) in [6.07, 6.45) is 5.29. The summed E-state index contributed by atoms with van der Waals surface area (Å²) in [7, 11) is -3.68. The molecule has 12 heteroatoms. The van der Waals surface area contributed by atoms with Crippen LogP contribution in [-0.2, 0) is 16.4 Å². The van der Waals surface area contributed by atoms with Crippen molar-refractivity contribution >= 4 is 37.6 Å². The Labute approximate surface area is 235 Å². The summed E-state index contributed by atoms with van der Waals surface area (Å²) in [5, 5.41) is 16.8. The molecule has 6 aromatic rings. The highest BCUT2D eigenvalue weighted by Gasteiger charge is 2.17. The predicted molar refractivity (Wildman–Crippen MR) is 158 cm³/mol. The lowest BCUT2D eigenvalue weighted by atomic mass is 10.0. The number of aryl methyl sites for hydroxylation is 1. The number of anilines is 1. The molecule has 1 aromatic carbocycles. The molecule has 208 valence electrons. The van der Waals surface area contributed by atoms with Gasteiger partial charge in [0.25, 0.3) is 0 Å². The molecular formula is C29H27FN8O2S. The largest absolute Gasteiger partial charge is 0.382 e. The van der Waals surface area contributed by atoms with Crippen LogP contribution < -0.4 is 10.5 Å². The maximum Gasteiger partial charge on any atom is 0.209 e. The quantitative estimate of drug-likeness (QED) is 0.200. The van der Waals surface area contributed by atoms with Gasteiger partial charge in [0.05, 0.1) is 34.0 Å². The Balaban J connectivity index is 1.40. The van der Waals surface area contributed by atoms with Crippen molar-refractivity contribution < 1.29 is 12.8 Å². The van der Waals surface area contributed by atoms with Crippen molar-refractivity contribution in [3.05, 3.63) is 78.5 Å². The molecule has 10 nitrogen and oxygen atoms in total. The lowest BCUT2D eigenvalue weighted by Gasteiger charge is -2.10. The van der Waals surface area contributed by atoms with Crippen LogP contribution in [0.4, 0.5) is 10.1 Å². The van der Waals surface area contributed by atoms with Crippen LogP contribution in [0.2, 0.25) is 0 Å². The maximum absolute atomic E-state index is 14.6. The van der Waals surface area contributed by atoms with E-state index in [9.17, 15) is 12.8 Å². The molecule has 0 aliphatic carbocycles. The van der Waals surface area contributed by atoms with Crippen LogP contribution in [0.3, 0.4) is 0 Å². The van der Waals surface area contributed by atoms with Gasteiger partial charge in [0.15, 0.2) is 0 Å². The number of halogens is 1. The number of pyridine rings is 3. The summed E-state index contributed by atoms with van der Waals surface area (Å²) < 4.78 is 37.4. The molecule has 41 heavy (non-hydrogen) atoms. The van der Waals surface area contributed by atoms with Crippen molar-refractivity contribution in [3.8, 4) is 33.9 Å². The Bertz CT molecular complexity index is 2020. The number of nitrogens with one attached hydrogen (secondary N) is 3. The molecule has 0 aliphatic rings. The molecule has 0 bridgehead atoms. The fraction of sp³-hybridized carbons (Fsp3) is 0.172. The summed E-state index contributed by atoms with van der Waals surface area (Å²) in [6, 6.07) is 14.3. The van der Waals surface area contributed by atoms with Gasteiger partial charge in [0, 0.05) is 46.7 Å². The van der Waals surface area contributed by atoms with Crippen LogP contribution in [0.5, 0.6) is 0 Å². The Morgan fingerprint density at radius 2 is 1.85 bits per heavy atom. The number of fused-ring (bicyclic) bond motifs is 2. The number of nitrogens with zero attached hydrogens (tertiary/aromatic N) is 4. The molecular weight excluding hydrogens is 543 g/mol. The second-order valence-corrected chi connectivity index (χ2v) is 11.9. The number of H-pyrrole nitrogens is 2. The molecule has 0 amide bonds. The van der Waals surface area contributed by atoms with Gasteiger partial charge in [-0.2, -0.15) is 5.10 Å². The first-order chi connectivity index (χ1) is 19.6. The number of rotatable bonds is 8. The van der Waals surface area contributed by atoms with Crippen molar-refractivity contribution in [3.63, 3.8) is 0 Å². The summed E-state index contributed by atoms with van der Waals surface area (Å²) in [4.78, 5) is 17.2. The van der Waals surface area contributed by atoms with E-state index in [1.165, 1.54) is 12.1 Å². The number of aromatic amines is 2. The minimum absolute atomic E-state index is 0.0944. The van der Waals surface area contributed by atoms with E-state index in [1.807, 2.05) is 30.3 Å². The van der Waals surface area contributed by atoms with Crippen molar-refractivity contribution in [2.75, 3.05) is 11.1 Å². The summed E-state index contributed by atoms with van der Waals surface area (Å²) in [6.45, 7) is 4.13. The SMILES string of the molecule is CC(C)Nc1cncc(-c2ccc3[nH]nc(-c4cc5c(-c6cc(F)cc(CCS(N)(=O)=O)c6)nccc5[nH]4)c3n2)c1. The number of primary sulfonamides is 1. The van der Waals surface area contributed by atoms with Crippen molar-refractivity contribution in [1.29, 1.82) is 0 Å². The molecule has 0 unspecified atom stereocenters. The minimum Gasteiger partial charge on any atom is -0.382 e. The number of hydrogen-bond acceptors (Lipinski definition) is 7. The van der Waals surface area contributed by atoms with Gasteiger partial charge in [0.2, 0.25) is 10.0 Å². The topological polar surface area (TPSA) is 155 Å². The summed E-state index contributed by atoms with van der Waals surface area (Å²) >= 11 is 0. The highest BCUT2D eigenvalue weighted by molar-refractivity contribution is 7.89. The smallest absolute Gasteiger partial charge is 0.209 e. The van der Waals surface area contributed by atoms with Crippen LogP contribution in [-0.4, -0.2) is 50.3 Å². The second kappa shape index (κ2) is 10.4. The fourth-order valence-corrected chi connectivity index (χ4v) is 5.36. The van der Waals surface area contributed by atoms with E-state index in [4.69, 9.17) is 10.1 Å². The second-order valence-electron chi connectivity index (χ2n) is 10.2. The first kappa shape index (κ1) is 26.5.